The molecule has 0 saturated carbocycles. The fourth-order valence-corrected chi connectivity index (χ4v) is 8.12. The van der Waals surface area contributed by atoms with Gasteiger partial charge in [0.1, 0.15) is 28.8 Å². The summed E-state index contributed by atoms with van der Waals surface area (Å²) in [6.45, 7) is 2.09. The van der Waals surface area contributed by atoms with Crippen molar-refractivity contribution in [3.63, 3.8) is 0 Å². The van der Waals surface area contributed by atoms with E-state index in [2.05, 4.69) is 89.6 Å². The highest BCUT2D eigenvalue weighted by Crippen LogP contribution is 2.54. The van der Waals surface area contributed by atoms with Gasteiger partial charge in [-0.3, -0.25) is 0 Å². The molecule has 284 valence electrons. The Morgan fingerprint density at radius 3 is 0.983 bits per heavy atom. The van der Waals surface area contributed by atoms with Crippen molar-refractivity contribution < 1.29 is 13.9 Å². The maximum absolute atomic E-state index is 15.9. The molecule has 0 saturated heterocycles. The fraction of sp³-hybridized carbons (Fsp3) is 0.0182. The van der Waals surface area contributed by atoms with Crippen molar-refractivity contribution in [2.24, 2.45) is 0 Å². The van der Waals surface area contributed by atoms with Gasteiger partial charge in [-0.05, 0) is 76.2 Å². The zero-order chi connectivity index (χ0) is 40.1. The average molecular weight is 830 g/mol. The maximum atomic E-state index is 15.9. The number of benzene rings is 9. The summed E-state index contributed by atoms with van der Waals surface area (Å²) in [5.41, 5.74) is 11.3. The van der Waals surface area contributed by atoms with E-state index in [9.17, 15) is 0 Å². The smallest absolute Gasteiger partial charge is 0.146 e. The molecule has 0 fully saturated rings. The molecule has 9 rings (SSSR count). The first-order valence-corrected chi connectivity index (χ1v) is 20.3. The number of rotatable bonds is 10. The molecule has 9 aromatic carbocycles. The summed E-state index contributed by atoms with van der Waals surface area (Å²) in [5, 5.41) is 0. The van der Waals surface area contributed by atoms with E-state index >= 15 is 4.39 Å². The summed E-state index contributed by atoms with van der Waals surface area (Å²) in [4.78, 5) is 0. The van der Waals surface area contributed by atoms with Crippen molar-refractivity contribution in [1.29, 1.82) is 0 Å². The van der Waals surface area contributed by atoms with Gasteiger partial charge < -0.3 is 9.47 Å². The Morgan fingerprint density at radius 1 is 0.339 bits per heavy atom. The van der Waals surface area contributed by atoms with Gasteiger partial charge in [-0.1, -0.05) is 198 Å². The standard InChI is InChI=1S/C55H38BrFO2/c1-37-32-46(38-20-8-2-9-21-38)55(59-54-49(41-26-14-5-15-27-41)35-45(57)36-50(54)42-28-16-6-17-29-42)51(43-30-18-7-19-31-43)52(37)58-53-47(39-22-10-3-11-23-39)33-44(56)34-48(53)40-24-12-4-13-25-40/h2-36H,1H3. The lowest BCUT2D eigenvalue weighted by atomic mass is 9.92. The highest BCUT2D eigenvalue weighted by molar-refractivity contribution is 9.10. The first-order chi connectivity index (χ1) is 29.0. The molecule has 0 unspecified atom stereocenters. The van der Waals surface area contributed by atoms with E-state index in [0.29, 0.717) is 34.1 Å². The van der Waals surface area contributed by atoms with Gasteiger partial charge in [0.25, 0.3) is 0 Å². The van der Waals surface area contributed by atoms with Gasteiger partial charge >= 0.3 is 0 Å². The van der Waals surface area contributed by atoms with Gasteiger partial charge in [-0.25, -0.2) is 4.39 Å². The SMILES string of the molecule is Cc1cc(-c2ccccc2)c(Oc2c(-c3ccccc3)cc(F)cc2-c2ccccc2)c(-c2ccccc2)c1Oc1c(-c2ccccc2)cc(Br)cc1-c1ccccc1. The van der Waals surface area contributed by atoms with Crippen molar-refractivity contribution >= 4 is 15.9 Å². The van der Waals surface area contributed by atoms with Crippen molar-refractivity contribution in [1.82, 2.24) is 0 Å². The Bertz CT molecular complexity index is 2740. The van der Waals surface area contributed by atoms with E-state index < -0.39 is 0 Å². The second kappa shape index (κ2) is 16.8. The molecular formula is C55H38BrFO2. The van der Waals surface area contributed by atoms with Crippen LogP contribution in [0.5, 0.6) is 23.0 Å². The minimum atomic E-state index is -0.355. The monoisotopic (exact) mass is 828 g/mol. The van der Waals surface area contributed by atoms with Crippen LogP contribution in [0.2, 0.25) is 0 Å². The quantitative estimate of drug-likeness (QED) is 0.137. The van der Waals surface area contributed by atoms with E-state index in [4.69, 9.17) is 9.47 Å². The summed E-state index contributed by atoms with van der Waals surface area (Å²) in [6, 6.07) is 70.3. The van der Waals surface area contributed by atoms with Gasteiger partial charge in [-0.2, -0.15) is 0 Å². The molecule has 0 atom stereocenters. The summed E-state index contributed by atoms with van der Waals surface area (Å²) >= 11 is 3.83. The van der Waals surface area contributed by atoms with Crippen molar-refractivity contribution in [3.8, 4) is 89.8 Å². The minimum Gasteiger partial charge on any atom is -0.455 e. The van der Waals surface area contributed by atoms with Crippen LogP contribution in [-0.2, 0) is 0 Å². The predicted octanol–water partition coefficient (Wildman–Crippen LogP) is 16.5. The van der Waals surface area contributed by atoms with E-state index in [1.807, 2.05) is 133 Å². The predicted molar refractivity (Wildman–Crippen MR) is 244 cm³/mol. The second-order valence-electron chi connectivity index (χ2n) is 14.3. The third kappa shape index (κ3) is 7.83. The lowest BCUT2D eigenvalue weighted by Crippen LogP contribution is -2.02. The Kier molecular flexibility index (Phi) is 10.7. The van der Waals surface area contributed by atoms with Gasteiger partial charge in [0, 0.05) is 32.3 Å². The van der Waals surface area contributed by atoms with E-state index in [-0.39, 0.29) is 5.82 Å². The Balaban J connectivity index is 1.37. The molecule has 9 aromatic rings. The summed E-state index contributed by atoms with van der Waals surface area (Å²) in [5.74, 6) is 2.12. The molecule has 59 heavy (non-hydrogen) atoms. The van der Waals surface area contributed by atoms with Crippen LogP contribution in [0.1, 0.15) is 5.56 Å². The molecule has 0 amide bonds. The third-order valence-corrected chi connectivity index (χ3v) is 10.9. The van der Waals surface area contributed by atoms with Crippen LogP contribution in [0.4, 0.5) is 4.39 Å². The lowest BCUT2D eigenvalue weighted by molar-refractivity contribution is 0.465. The van der Waals surface area contributed by atoms with Crippen LogP contribution in [0.15, 0.2) is 217 Å². The van der Waals surface area contributed by atoms with Crippen LogP contribution < -0.4 is 9.47 Å². The van der Waals surface area contributed by atoms with Crippen molar-refractivity contribution in [2.75, 3.05) is 0 Å². The van der Waals surface area contributed by atoms with Crippen LogP contribution in [0.3, 0.4) is 0 Å². The molecule has 0 aliphatic carbocycles. The highest BCUT2D eigenvalue weighted by Gasteiger charge is 2.27. The first-order valence-electron chi connectivity index (χ1n) is 19.5. The lowest BCUT2D eigenvalue weighted by Gasteiger charge is -2.26. The topological polar surface area (TPSA) is 18.5 Å². The zero-order valence-electron chi connectivity index (χ0n) is 32.3. The minimum absolute atomic E-state index is 0.355. The highest BCUT2D eigenvalue weighted by atomic mass is 79.9. The Labute approximate surface area is 353 Å². The second-order valence-corrected chi connectivity index (χ2v) is 15.3. The van der Waals surface area contributed by atoms with Gasteiger partial charge in [0.05, 0.1) is 5.56 Å². The molecule has 2 nitrogen and oxygen atoms in total. The third-order valence-electron chi connectivity index (χ3n) is 10.4. The van der Waals surface area contributed by atoms with Crippen molar-refractivity contribution in [3.05, 3.63) is 228 Å². The number of ether oxygens (including phenoxy) is 2. The number of hydrogen-bond acceptors (Lipinski definition) is 2. The van der Waals surface area contributed by atoms with Crippen LogP contribution in [0, 0.1) is 12.7 Å². The summed E-state index contributed by atoms with van der Waals surface area (Å²) in [6.07, 6.45) is 0. The van der Waals surface area contributed by atoms with Crippen molar-refractivity contribution in [2.45, 2.75) is 6.92 Å². The van der Waals surface area contributed by atoms with E-state index in [1.54, 1.807) is 12.1 Å². The molecule has 0 aliphatic rings. The largest absolute Gasteiger partial charge is 0.455 e. The Hall–Kier alpha value is -7.01. The van der Waals surface area contributed by atoms with E-state index in [1.165, 1.54) is 0 Å². The normalized spacial score (nSPS) is 11.0. The summed E-state index contributed by atoms with van der Waals surface area (Å²) < 4.78 is 31.8. The molecule has 0 bridgehead atoms. The number of halogens is 2. The fourth-order valence-electron chi connectivity index (χ4n) is 7.66. The molecule has 4 heteroatoms. The van der Waals surface area contributed by atoms with Gasteiger partial charge in [0.15, 0.2) is 0 Å². The van der Waals surface area contributed by atoms with Crippen LogP contribution in [-0.4, -0.2) is 0 Å². The van der Waals surface area contributed by atoms with Crippen LogP contribution >= 0.6 is 15.9 Å². The summed E-state index contributed by atoms with van der Waals surface area (Å²) in [7, 11) is 0. The number of aryl methyl sites for hydroxylation is 1. The van der Waals surface area contributed by atoms with Crippen LogP contribution in [0.25, 0.3) is 66.8 Å². The van der Waals surface area contributed by atoms with E-state index in [0.717, 1.165) is 65.7 Å². The molecule has 0 radical (unpaired) electrons. The average Bonchev–Trinajstić information content (AvgIpc) is 3.29. The molecule has 0 aromatic heterocycles. The van der Waals surface area contributed by atoms with Gasteiger partial charge in [0.2, 0.25) is 0 Å². The van der Waals surface area contributed by atoms with Gasteiger partial charge in [-0.15, -0.1) is 0 Å². The molecular weight excluding hydrogens is 792 g/mol. The number of hydrogen-bond donors (Lipinski definition) is 0. The molecule has 0 heterocycles. The Morgan fingerprint density at radius 2 is 0.627 bits per heavy atom. The first kappa shape index (κ1) is 37.6. The zero-order valence-corrected chi connectivity index (χ0v) is 33.9. The molecule has 0 spiro atoms. The maximum Gasteiger partial charge on any atom is 0.146 e. The molecule has 0 aliphatic heterocycles. The molecule has 0 N–H and O–H groups in total.